The number of carbonyl (C=O) groups is 2. The molecule has 7 heteroatoms. The third-order valence-corrected chi connectivity index (χ3v) is 4.26. The van der Waals surface area contributed by atoms with Gasteiger partial charge in [-0.15, -0.1) is 0 Å². The number of rotatable bonds is 8. The number of carbonyl (C=O) groups excluding carboxylic acids is 2. The van der Waals surface area contributed by atoms with Gasteiger partial charge in [0.05, 0.1) is 30.6 Å². The lowest BCUT2D eigenvalue weighted by Gasteiger charge is -2.17. The summed E-state index contributed by atoms with van der Waals surface area (Å²) in [5.74, 6) is -0.292. The Kier molecular flexibility index (Phi) is 6.76. The van der Waals surface area contributed by atoms with Crippen LogP contribution in [0.2, 0.25) is 0 Å². The number of nitrogens with zero attached hydrogens (tertiary/aromatic N) is 1. The highest BCUT2D eigenvalue weighted by Gasteiger charge is 2.15. The quantitative estimate of drug-likeness (QED) is 0.613. The Balaban J connectivity index is 1.58. The van der Waals surface area contributed by atoms with Crippen LogP contribution < -0.4 is 10.6 Å². The maximum absolute atomic E-state index is 13.8. The van der Waals surface area contributed by atoms with Crippen molar-refractivity contribution in [2.45, 2.75) is 13.1 Å². The Morgan fingerprint density at radius 2 is 1.79 bits per heavy atom. The van der Waals surface area contributed by atoms with Gasteiger partial charge in [-0.05, 0) is 37.4 Å². The molecule has 0 unspecified atom stereocenters. The Morgan fingerprint density at radius 1 is 1.03 bits per heavy atom. The Bertz CT molecular complexity index is 973. The molecule has 2 amide bonds. The molecule has 29 heavy (non-hydrogen) atoms. The second kappa shape index (κ2) is 9.66. The van der Waals surface area contributed by atoms with Crippen LogP contribution in [0.15, 0.2) is 71.3 Å². The van der Waals surface area contributed by atoms with Crippen LogP contribution >= 0.6 is 0 Å². The number of halogens is 1. The lowest BCUT2D eigenvalue weighted by molar-refractivity contribution is -0.117. The maximum atomic E-state index is 13.8. The lowest BCUT2D eigenvalue weighted by Crippen LogP contribution is -2.31. The van der Waals surface area contributed by atoms with E-state index in [0.29, 0.717) is 29.1 Å². The zero-order chi connectivity index (χ0) is 20.6. The van der Waals surface area contributed by atoms with E-state index in [0.717, 1.165) is 0 Å². The van der Waals surface area contributed by atoms with Crippen LogP contribution in [0.4, 0.5) is 10.1 Å². The highest BCUT2D eigenvalue weighted by atomic mass is 19.1. The zero-order valence-electron chi connectivity index (χ0n) is 16.0. The summed E-state index contributed by atoms with van der Waals surface area (Å²) in [4.78, 5) is 26.6. The van der Waals surface area contributed by atoms with E-state index < -0.39 is 0 Å². The van der Waals surface area contributed by atoms with Gasteiger partial charge in [-0.25, -0.2) is 4.39 Å². The normalized spacial score (nSPS) is 10.7. The van der Waals surface area contributed by atoms with Crippen LogP contribution in [-0.4, -0.2) is 30.3 Å². The summed E-state index contributed by atoms with van der Waals surface area (Å²) in [6.07, 6.45) is 1.54. The molecule has 3 aromatic rings. The van der Waals surface area contributed by atoms with Gasteiger partial charge in [0, 0.05) is 12.1 Å². The van der Waals surface area contributed by atoms with Crippen LogP contribution in [-0.2, 0) is 17.9 Å². The van der Waals surface area contributed by atoms with Gasteiger partial charge in [0.15, 0.2) is 0 Å². The Labute approximate surface area is 168 Å². The molecule has 0 aliphatic rings. The molecular weight excluding hydrogens is 373 g/mol. The molecule has 1 aromatic heterocycles. The first kappa shape index (κ1) is 20.3. The number of likely N-dealkylation sites (N-methyl/N-ethyl adjacent to an activating group) is 1. The zero-order valence-corrected chi connectivity index (χ0v) is 16.0. The minimum Gasteiger partial charge on any atom is -0.467 e. The first-order valence-corrected chi connectivity index (χ1v) is 9.14. The third kappa shape index (κ3) is 5.76. The first-order chi connectivity index (χ1) is 14.0. The number of nitrogens with one attached hydrogen (secondary N) is 2. The number of hydrogen-bond acceptors (Lipinski definition) is 4. The monoisotopic (exact) mass is 395 g/mol. The van der Waals surface area contributed by atoms with Crippen molar-refractivity contribution in [2.24, 2.45) is 0 Å². The van der Waals surface area contributed by atoms with E-state index in [1.807, 2.05) is 0 Å². The average molecular weight is 395 g/mol. The first-order valence-electron chi connectivity index (χ1n) is 9.14. The summed E-state index contributed by atoms with van der Waals surface area (Å²) >= 11 is 0. The molecule has 0 fully saturated rings. The summed E-state index contributed by atoms with van der Waals surface area (Å²) in [6, 6.07) is 16.7. The summed E-state index contributed by atoms with van der Waals surface area (Å²) in [6.45, 7) is 0.599. The van der Waals surface area contributed by atoms with E-state index in [4.69, 9.17) is 4.42 Å². The van der Waals surface area contributed by atoms with Gasteiger partial charge in [0.1, 0.15) is 11.6 Å². The molecule has 0 saturated carbocycles. The molecule has 150 valence electrons. The molecular formula is C22H22FN3O3. The molecule has 0 atom stereocenters. The molecule has 2 N–H and O–H groups in total. The number of hydrogen-bond donors (Lipinski definition) is 2. The van der Waals surface area contributed by atoms with E-state index in [-0.39, 0.29) is 30.7 Å². The molecule has 0 saturated heterocycles. The Morgan fingerprint density at radius 3 is 2.55 bits per heavy atom. The molecule has 2 aromatic carbocycles. The maximum Gasteiger partial charge on any atom is 0.253 e. The minimum atomic E-state index is -0.322. The predicted molar refractivity (Wildman–Crippen MR) is 108 cm³/mol. The Hall–Kier alpha value is -3.45. The number of anilines is 1. The van der Waals surface area contributed by atoms with E-state index in [2.05, 4.69) is 10.6 Å². The van der Waals surface area contributed by atoms with Crippen molar-refractivity contribution in [3.8, 4) is 0 Å². The van der Waals surface area contributed by atoms with Gasteiger partial charge >= 0.3 is 0 Å². The van der Waals surface area contributed by atoms with Gasteiger partial charge in [-0.3, -0.25) is 14.5 Å². The fourth-order valence-corrected chi connectivity index (χ4v) is 2.87. The van der Waals surface area contributed by atoms with Crippen molar-refractivity contribution in [1.29, 1.82) is 0 Å². The summed E-state index contributed by atoms with van der Waals surface area (Å²) in [5.41, 5.74) is 1.28. The van der Waals surface area contributed by atoms with Crippen LogP contribution in [0.25, 0.3) is 0 Å². The number of amides is 2. The molecule has 0 aliphatic carbocycles. The van der Waals surface area contributed by atoms with E-state index in [1.165, 1.54) is 12.3 Å². The van der Waals surface area contributed by atoms with Crippen molar-refractivity contribution in [3.05, 3.63) is 89.6 Å². The smallest absolute Gasteiger partial charge is 0.253 e. The number of para-hydroxylation sites is 1. The lowest BCUT2D eigenvalue weighted by atomic mass is 10.1. The van der Waals surface area contributed by atoms with E-state index in [9.17, 15) is 14.0 Å². The second-order valence-corrected chi connectivity index (χ2v) is 6.62. The molecule has 0 aliphatic heterocycles. The average Bonchev–Trinajstić information content (AvgIpc) is 3.22. The molecule has 3 rings (SSSR count). The highest BCUT2D eigenvalue weighted by molar-refractivity contribution is 6.04. The van der Waals surface area contributed by atoms with Crippen LogP contribution in [0.3, 0.4) is 0 Å². The summed E-state index contributed by atoms with van der Waals surface area (Å²) in [7, 11) is 1.73. The largest absolute Gasteiger partial charge is 0.467 e. The third-order valence-electron chi connectivity index (χ3n) is 4.26. The topological polar surface area (TPSA) is 74.6 Å². The molecule has 6 nitrogen and oxygen atoms in total. The van der Waals surface area contributed by atoms with Crippen molar-refractivity contribution < 1.29 is 18.4 Å². The summed E-state index contributed by atoms with van der Waals surface area (Å²) in [5, 5.41) is 5.52. The number of benzene rings is 2. The second-order valence-electron chi connectivity index (χ2n) is 6.62. The van der Waals surface area contributed by atoms with Crippen molar-refractivity contribution in [3.63, 3.8) is 0 Å². The van der Waals surface area contributed by atoms with Gasteiger partial charge in [-0.2, -0.15) is 0 Å². The molecule has 0 radical (unpaired) electrons. The van der Waals surface area contributed by atoms with Gasteiger partial charge in [0.2, 0.25) is 5.91 Å². The van der Waals surface area contributed by atoms with Crippen molar-refractivity contribution in [2.75, 3.05) is 18.9 Å². The predicted octanol–water partition coefficient (Wildman–Crippen LogP) is 3.42. The van der Waals surface area contributed by atoms with Crippen LogP contribution in [0.1, 0.15) is 21.7 Å². The summed E-state index contributed by atoms with van der Waals surface area (Å²) < 4.78 is 19.0. The van der Waals surface area contributed by atoms with Crippen molar-refractivity contribution in [1.82, 2.24) is 10.2 Å². The SMILES string of the molecule is CN(CC(=O)Nc1ccccc1C(=O)NCc1ccco1)Cc1ccccc1F. The van der Waals surface area contributed by atoms with E-state index >= 15 is 0 Å². The minimum absolute atomic E-state index is 0.0523. The molecule has 0 bridgehead atoms. The van der Waals surface area contributed by atoms with Gasteiger partial charge in [-0.1, -0.05) is 30.3 Å². The molecule has 0 spiro atoms. The highest BCUT2D eigenvalue weighted by Crippen LogP contribution is 2.16. The standard InChI is InChI=1S/C22H22FN3O3/c1-26(14-16-7-2-4-10-19(16)23)15-21(27)25-20-11-5-3-9-18(20)22(28)24-13-17-8-6-12-29-17/h2-12H,13-15H2,1H3,(H,24,28)(H,25,27). The van der Waals surface area contributed by atoms with Crippen molar-refractivity contribution >= 4 is 17.5 Å². The van der Waals surface area contributed by atoms with Crippen LogP contribution in [0, 0.1) is 5.82 Å². The fourth-order valence-electron chi connectivity index (χ4n) is 2.87. The fraction of sp³-hybridized carbons (Fsp3) is 0.182. The number of furan rings is 1. The van der Waals surface area contributed by atoms with Crippen LogP contribution in [0.5, 0.6) is 0 Å². The molecule has 1 heterocycles. The van der Waals surface area contributed by atoms with Gasteiger partial charge in [0.25, 0.3) is 5.91 Å². The van der Waals surface area contributed by atoms with E-state index in [1.54, 1.807) is 66.5 Å². The van der Waals surface area contributed by atoms with Gasteiger partial charge < -0.3 is 15.1 Å².